The van der Waals surface area contributed by atoms with Gasteiger partial charge in [0, 0.05) is 0 Å². The maximum Gasteiger partial charge on any atom is -0.000709 e. The number of rotatable bonds is 6. The normalized spacial score (nSPS) is 13.6. The number of hydrogen-bond acceptors (Lipinski definition) is 0. The number of allylic oxidation sites excluding steroid dienone is 4. The lowest BCUT2D eigenvalue weighted by Crippen LogP contribution is -2.22. The summed E-state index contributed by atoms with van der Waals surface area (Å²) >= 11 is 0. The van der Waals surface area contributed by atoms with E-state index in [-0.39, 0.29) is 0 Å². The van der Waals surface area contributed by atoms with Crippen molar-refractivity contribution < 1.29 is 0 Å². The molecule has 0 heteroatoms. The van der Waals surface area contributed by atoms with E-state index >= 15 is 0 Å². The molecule has 0 saturated heterocycles. The maximum atomic E-state index is 4.00. The van der Waals surface area contributed by atoms with E-state index in [0.29, 0.717) is 17.8 Å². The SMILES string of the molecule is CC(C)c1c(C(C)C)c(C(C)C)c2c(c1C1=CC=CC1)=[C]c1cccc(=C(c3ccccc3)c3ccccc3)c1=2. The Morgan fingerprint density at radius 3 is 1.75 bits per heavy atom. The van der Waals surface area contributed by atoms with Crippen molar-refractivity contribution in [1.29, 1.82) is 0 Å². The van der Waals surface area contributed by atoms with E-state index in [1.54, 1.807) is 0 Å². The lowest BCUT2D eigenvalue weighted by atomic mass is 9.77. The molecule has 0 aromatic heterocycles. The van der Waals surface area contributed by atoms with Crippen LogP contribution in [0.25, 0.3) is 17.2 Å². The van der Waals surface area contributed by atoms with Crippen molar-refractivity contribution >= 4 is 17.2 Å². The molecule has 0 unspecified atom stereocenters. The first-order valence-electron chi connectivity index (χ1n) is 14.9. The highest BCUT2D eigenvalue weighted by atomic mass is 14.3. The molecule has 4 aromatic carbocycles. The Bertz CT molecular complexity index is 1820. The molecule has 1 radical (unpaired) electrons. The molecule has 6 rings (SSSR count). The zero-order valence-corrected chi connectivity index (χ0v) is 24.7. The average molecular weight is 520 g/mol. The van der Waals surface area contributed by atoms with Crippen LogP contribution in [0.15, 0.2) is 97.1 Å². The van der Waals surface area contributed by atoms with E-state index in [2.05, 4.69) is 145 Å². The van der Waals surface area contributed by atoms with Crippen molar-refractivity contribution in [2.75, 3.05) is 0 Å². The van der Waals surface area contributed by atoms with Crippen LogP contribution >= 0.6 is 0 Å². The second kappa shape index (κ2) is 10.6. The van der Waals surface area contributed by atoms with Crippen molar-refractivity contribution in [3.05, 3.63) is 157 Å². The highest BCUT2D eigenvalue weighted by Crippen LogP contribution is 2.39. The molecule has 0 fully saturated rings. The zero-order chi connectivity index (χ0) is 28.0. The van der Waals surface area contributed by atoms with Gasteiger partial charge in [-0.3, -0.25) is 0 Å². The van der Waals surface area contributed by atoms with Crippen LogP contribution in [0.1, 0.15) is 105 Å². The molecule has 0 nitrogen and oxygen atoms in total. The van der Waals surface area contributed by atoms with Gasteiger partial charge in [-0.1, -0.05) is 139 Å². The molecule has 0 heterocycles. The van der Waals surface area contributed by atoms with Gasteiger partial charge in [0.2, 0.25) is 0 Å². The molecule has 0 aliphatic heterocycles. The third-order valence-electron chi connectivity index (χ3n) is 8.41. The van der Waals surface area contributed by atoms with Crippen LogP contribution in [0.5, 0.6) is 0 Å². The quantitative estimate of drug-likeness (QED) is 0.210. The van der Waals surface area contributed by atoms with Gasteiger partial charge in [-0.2, -0.15) is 0 Å². The molecular weight excluding hydrogens is 480 g/mol. The fourth-order valence-corrected chi connectivity index (χ4v) is 6.94. The summed E-state index contributed by atoms with van der Waals surface area (Å²) in [6, 6.07) is 28.6. The van der Waals surface area contributed by atoms with Gasteiger partial charge in [-0.15, -0.1) is 0 Å². The van der Waals surface area contributed by atoms with Crippen LogP contribution in [-0.2, 0) is 0 Å². The molecule has 2 aliphatic rings. The fourth-order valence-electron chi connectivity index (χ4n) is 6.94. The monoisotopic (exact) mass is 519 g/mol. The van der Waals surface area contributed by atoms with E-state index in [9.17, 15) is 0 Å². The van der Waals surface area contributed by atoms with Gasteiger partial charge >= 0.3 is 0 Å². The largest absolute Gasteiger partial charge is 0.0801 e. The zero-order valence-electron chi connectivity index (χ0n) is 24.7. The topological polar surface area (TPSA) is 0 Å². The van der Waals surface area contributed by atoms with Crippen LogP contribution in [0.3, 0.4) is 0 Å². The first-order chi connectivity index (χ1) is 19.4. The summed E-state index contributed by atoms with van der Waals surface area (Å²) in [6.45, 7) is 14.3. The second-order valence-electron chi connectivity index (χ2n) is 12.1. The van der Waals surface area contributed by atoms with Crippen LogP contribution < -0.4 is 10.4 Å². The first kappa shape index (κ1) is 26.3. The standard InChI is InChI=1S/C40H39/c1-25(2)34-35(26(3)4)38(30-20-13-14-21-30)33-24-31-22-15-23-32(39(31)40(33)36(34)27(5)6)37(28-16-9-7-10-17-28)29-18-11-8-12-19-29/h7-20,22-23,25-27H,21H2,1-6H3. The molecule has 0 atom stereocenters. The minimum absolute atomic E-state index is 0.395. The van der Waals surface area contributed by atoms with E-state index in [4.69, 9.17) is 0 Å². The second-order valence-corrected chi connectivity index (χ2v) is 12.1. The predicted molar refractivity (Wildman–Crippen MR) is 171 cm³/mol. The predicted octanol–water partition coefficient (Wildman–Crippen LogP) is 8.95. The minimum atomic E-state index is 0.395. The highest BCUT2D eigenvalue weighted by Gasteiger charge is 2.27. The first-order valence-corrected chi connectivity index (χ1v) is 14.9. The lowest BCUT2D eigenvalue weighted by molar-refractivity contribution is 0.740. The Hall–Kier alpha value is -3.90. The van der Waals surface area contributed by atoms with Gasteiger partial charge in [-0.25, -0.2) is 0 Å². The van der Waals surface area contributed by atoms with Crippen molar-refractivity contribution in [2.45, 2.75) is 65.7 Å². The van der Waals surface area contributed by atoms with Gasteiger partial charge in [-0.05, 0) is 101 Å². The van der Waals surface area contributed by atoms with Gasteiger partial charge in [0.15, 0.2) is 0 Å². The number of hydrogen-bond donors (Lipinski definition) is 0. The van der Waals surface area contributed by atoms with Crippen LogP contribution in [0.4, 0.5) is 0 Å². The van der Waals surface area contributed by atoms with Crippen molar-refractivity contribution in [2.24, 2.45) is 0 Å². The summed E-state index contributed by atoms with van der Waals surface area (Å²) in [6.07, 6.45) is 11.8. The molecule has 0 saturated carbocycles. The number of fused-ring (bicyclic) bond motifs is 2. The molecule has 40 heavy (non-hydrogen) atoms. The van der Waals surface area contributed by atoms with Crippen LogP contribution in [-0.4, -0.2) is 0 Å². The average Bonchev–Trinajstić information content (AvgIpc) is 3.61. The summed E-state index contributed by atoms with van der Waals surface area (Å²) in [7, 11) is 0. The summed E-state index contributed by atoms with van der Waals surface area (Å²) in [5.74, 6) is 1.25. The Kier molecular flexibility index (Phi) is 6.97. The third-order valence-corrected chi connectivity index (χ3v) is 8.41. The maximum absolute atomic E-state index is 4.00. The van der Waals surface area contributed by atoms with Crippen LogP contribution in [0, 0.1) is 10.4 Å². The Morgan fingerprint density at radius 2 is 1.23 bits per heavy atom. The summed E-state index contributed by atoms with van der Waals surface area (Å²) < 4.78 is 0. The molecule has 199 valence electrons. The van der Waals surface area contributed by atoms with E-state index < -0.39 is 0 Å². The van der Waals surface area contributed by atoms with Gasteiger partial charge in [0.05, 0.1) is 0 Å². The summed E-state index contributed by atoms with van der Waals surface area (Å²) in [5.41, 5.74) is 12.4. The summed E-state index contributed by atoms with van der Waals surface area (Å²) in [5, 5.41) is 5.34. The fraction of sp³-hybridized carbons (Fsp3) is 0.250. The molecule has 2 aliphatic carbocycles. The van der Waals surface area contributed by atoms with Crippen molar-refractivity contribution in [1.82, 2.24) is 0 Å². The molecule has 0 bridgehead atoms. The highest BCUT2D eigenvalue weighted by molar-refractivity contribution is 5.82. The van der Waals surface area contributed by atoms with E-state index in [1.165, 1.54) is 71.0 Å². The van der Waals surface area contributed by atoms with Gasteiger partial charge in [0.25, 0.3) is 0 Å². The van der Waals surface area contributed by atoms with Crippen molar-refractivity contribution in [3.63, 3.8) is 0 Å². The molecular formula is C40H39. The Balaban J connectivity index is 1.95. The minimum Gasteiger partial charge on any atom is -0.0801 e. The molecule has 4 aromatic rings. The lowest BCUT2D eigenvalue weighted by Gasteiger charge is -2.27. The molecule has 0 N–H and O–H groups in total. The smallest absolute Gasteiger partial charge is 0.000709 e. The van der Waals surface area contributed by atoms with Crippen LogP contribution in [0.2, 0.25) is 0 Å². The Labute approximate surface area is 239 Å². The summed E-state index contributed by atoms with van der Waals surface area (Å²) in [4.78, 5) is 0. The van der Waals surface area contributed by atoms with Gasteiger partial charge in [0.1, 0.15) is 0 Å². The van der Waals surface area contributed by atoms with Crippen molar-refractivity contribution in [3.8, 4) is 0 Å². The number of benzene rings is 4. The van der Waals surface area contributed by atoms with Gasteiger partial charge < -0.3 is 0 Å². The molecule has 0 spiro atoms. The third kappa shape index (κ3) is 4.31. The molecule has 0 amide bonds. The van der Waals surface area contributed by atoms with E-state index in [1.807, 2.05) is 0 Å². The van der Waals surface area contributed by atoms with E-state index in [0.717, 1.165) is 6.42 Å². The Morgan fingerprint density at radius 1 is 0.625 bits per heavy atom.